The van der Waals surface area contributed by atoms with Crippen LogP contribution in [0.2, 0.25) is 0 Å². The third-order valence-corrected chi connectivity index (χ3v) is 11.5. The Hall–Kier alpha value is -7.46. The molecule has 0 spiro atoms. The molecule has 10 nitrogen and oxygen atoms in total. The van der Waals surface area contributed by atoms with Crippen molar-refractivity contribution in [3.05, 3.63) is 203 Å². The monoisotopic (exact) mass is 800 g/mol. The fraction of sp³-hybridized carbons (Fsp3) is 0.160. The molecule has 0 amide bonds. The minimum atomic E-state index is -1.90. The predicted octanol–water partition coefficient (Wildman–Crippen LogP) is 9.47. The van der Waals surface area contributed by atoms with Crippen LogP contribution in [0.1, 0.15) is 90.1 Å². The molecule has 300 valence electrons. The number of carboxylic acid groups (broad SMARTS) is 2. The zero-order valence-corrected chi connectivity index (χ0v) is 32.3. The first-order valence-corrected chi connectivity index (χ1v) is 19.4. The fourth-order valence-electron chi connectivity index (χ4n) is 8.33. The number of benzene rings is 6. The van der Waals surface area contributed by atoms with Crippen molar-refractivity contribution in [2.45, 2.75) is 37.5 Å². The summed E-state index contributed by atoms with van der Waals surface area (Å²) in [4.78, 5) is 82.1. The molecule has 10 heteroatoms. The summed E-state index contributed by atoms with van der Waals surface area (Å²) in [6, 6.07) is 45.6. The van der Waals surface area contributed by atoms with Crippen LogP contribution in [0.25, 0.3) is 0 Å². The second kappa shape index (κ2) is 17.6. The van der Waals surface area contributed by atoms with E-state index in [0.717, 1.165) is 0 Å². The van der Waals surface area contributed by atoms with Crippen LogP contribution in [0.5, 0.6) is 11.5 Å². The molecule has 0 saturated heterocycles. The van der Waals surface area contributed by atoms with Crippen molar-refractivity contribution >= 4 is 35.4 Å². The van der Waals surface area contributed by atoms with Crippen LogP contribution in [0.3, 0.4) is 0 Å². The fourth-order valence-corrected chi connectivity index (χ4v) is 8.33. The molecule has 6 aromatic rings. The summed E-state index contributed by atoms with van der Waals surface area (Å²) < 4.78 is 11.2. The van der Waals surface area contributed by atoms with Crippen LogP contribution in [0.4, 0.5) is 0 Å². The summed E-state index contributed by atoms with van der Waals surface area (Å²) in [5, 5.41) is 22.8. The van der Waals surface area contributed by atoms with Crippen LogP contribution < -0.4 is 9.47 Å². The summed E-state index contributed by atoms with van der Waals surface area (Å²) in [6.45, 7) is 0. The highest BCUT2D eigenvalue weighted by atomic mass is 16.5. The highest BCUT2D eigenvalue weighted by Crippen LogP contribution is 2.63. The molecule has 0 bridgehead atoms. The third kappa shape index (κ3) is 8.54. The summed E-state index contributed by atoms with van der Waals surface area (Å²) in [5.74, 6) is -6.68. The van der Waals surface area contributed by atoms with Crippen molar-refractivity contribution in [1.82, 2.24) is 0 Å². The highest BCUT2D eigenvalue weighted by molar-refractivity contribution is 6.01. The van der Waals surface area contributed by atoms with E-state index in [1.54, 1.807) is 146 Å². The Bertz CT molecular complexity index is 2330. The van der Waals surface area contributed by atoms with Gasteiger partial charge in [-0.15, -0.1) is 0 Å². The average Bonchev–Trinajstić information content (AvgIpc) is 3.28. The van der Waals surface area contributed by atoms with E-state index in [-0.39, 0.29) is 35.5 Å². The molecule has 1 saturated carbocycles. The average molecular weight is 801 g/mol. The van der Waals surface area contributed by atoms with Crippen molar-refractivity contribution < 1.29 is 48.5 Å². The number of Topliss-reactive ketones (excluding diaryl/α,β-unsaturated/α-hetero) is 2. The lowest BCUT2D eigenvalue weighted by Crippen LogP contribution is -2.53. The van der Waals surface area contributed by atoms with Crippen LogP contribution >= 0.6 is 0 Å². The molecule has 60 heavy (non-hydrogen) atoms. The quantitative estimate of drug-likeness (QED) is 0.0617. The molecule has 0 heterocycles. The number of esters is 2. The molecular weight excluding hydrogens is 761 g/mol. The lowest BCUT2D eigenvalue weighted by molar-refractivity contribution is -0.165. The summed E-state index contributed by atoms with van der Waals surface area (Å²) >= 11 is 0. The maximum Gasteiger partial charge on any atom is 0.343 e. The standard InChI is InChI=1S/C50H40O10/c51-43(35-13-5-1-6-14-35)31-49(47(55)56)29-42(34-23-27-40(28-24-34)60-46(54)38-19-11-4-12-20-38)50(48(57)58,32-44(52)36-15-7-2-8-16-36)30-41(49)33-21-25-39(26-22-33)59-45(53)37-17-9-3-10-18-37/h1-28,41-42H,29-32H2,(H,55,56)(H,57,58). The number of carboxylic acids is 2. The van der Waals surface area contributed by atoms with Gasteiger partial charge in [-0.25, -0.2) is 9.59 Å². The predicted molar refractivity (Wildman–Crippen MR) is 221 cm³/mol. The Balaban J connectivity index is 1.33. The maximum absolute atomic E-state index is 14.1. The van der Waals surface area contributed by atoms with Gasteiger partial charge in [0.15, 0.2) is 11.6 Å². The van der Waals surface area contributed by atoms with Crippen molar-refractivity contribution in [1.29, 1.82) is 0 Å². The van der Waals surface area contributed by atoms with E-state index in [0.29, 0.717) is 22.3 Å². The summed E-state index contributed by atoms with van der Waals surface area (Å²) in [5.41, 5.74) is -1.80. The van der Waals surface area contributed by atoms with Gasteiger partial charge in [0.25, 0.3) is 0 Å². The van der Waals surface area contributed by atoms with Gasteiger partial charge in [-0.1, -0.05) is 121 Å². The smallest absolute Gasteiger partial charge is 0.343 e. The Morgan fingerprint density at radius 1 is 0.417 bits per heavy atom. The van der Waals surface area contributed by atoms with Crippen LogP contribution in [-0.4, -0.2) is 45.7 Å². The van der Waals surface area contributed by atoms with E-state index in [2.05, 4.69) is 0 Å². The minimum absolute atomic E-state index is 0.166. The van der Waals surface area contributed by atoms with Gasteiger partial charge < -0.3 is 19.7 Å². The third-order valence-electron chi connectivity index (χ3n) is 11.5. The Kier molecular flexibility index (Phi) is 11.9. The summed E-state index contributed by atoms with van der Waals surface area (Å²) in [7, 11) is 0. The van der Waals surface area contributed by atoms with Crippen LogP contribution in [0.15, 0.2) is 170 Å². The maximum atomic E-state index is 14.1. The van der Waals surface area contributed by atoms with E-state index in [1.165, 1.54) is 24.3 Å². The number of hydrogen-bond donors (Lipinski definition) is 2. The molecule has 2 N–H and O–H groups in total. The van der Waals surface area contributed by atoms with Gasteiger partial charge in [-0.05, 0) is 72.5 Å². The van der Waals surface area contributed by atoms with Crippen LogP contribution in [0, 0.1) is 10.8 Å². The minimum Gasteiger partial charge on any atom is -0.481 e. The van der Waals surface area contributed by atoms with Gasteiger partial charge in [0.2, 0.25) is 0 Å². The molecule has 1 aliphatic carbocycles. The molecule has 1 aliphatic rings. The lowest BCUT2D eigenvalue weighted by Gasteiger charge is -2.52. The number of hydrogen-bond acceptors (Lipinski definition) is 8. The lowest BCUT2D eigenvalue weighted by atomic mass is 9.48. The summed E-state index contributed by atoms with van der Waals surface area (Å²) in [6.07, 6.45) is -1.69. The first-order chi connectivity index (χ1) is 29.0. The molecule has 1 fully saturated rings. The van der Waals surface area contributed by atoms with Crippen molar-refractivity contribution in [3.63, 3.8) is 0 Å². The normalized spacial score (nSPS) is 19.7. The zero-order chi connectivity index (χ0) is 42.3. The second-order valence-electron chi connectivity index (χ2n) is 15.0. The zero-order valence-electron chi connectivity index (χ0n) is 32.3. The number of carbonyl (C=O) groups is 6. The molecule has 6 aromatic carbocycles. The van der Waals surface area contributed by atoms with E-state index in [4.69, 9.17) is 9.47 Å². The van der Waals surface area contributed by atoms with Gasteiger partial charge in [-0.3, -0.25) is 19.2 Å². The molecule has 7 rings (SSSR count). The van der Waals surface area contributed by atoms with E-state index >= 15 is 0 Å². The first-order valence-electron chi connectivity index (χ1n) is 19.4. The van der Waals surface area contributed by atoms with Crippen molar-refractivity contribution in [2.75, 3.05) is 0 Å². The van der Waals surface area contributed by atoms with Crippen molar-refractivity contribution in [3.8, 4) is 11.5 Å². The Morgan fingerprint density at radius 3 is 0.983 bits per heavy atom. The largest absolute Gasteiger partial charge is 0.481 e. The molecule has 4 unspecified atom stereocenters. The number of aliphatic carboxylic acids is 2. The first kappa shape index (κ1) is 40.7. The van der Waals surface area contributed by atoms with Gasteiger partial charge in [-0.2, -0.15) is 0 Å². The van der Waals surface area contributed by atoms with E-state index in [9.17, 15) is 39.0 Å². The molecule has 0 radical (unpaired) electrons. The number of ketones is 2. The molecule has 4 atom stereocenters. The van der Waals surface area contributed by atoms with E-state index < -0.39 is 71.0 Å². The van der Waals surface area contributed by atoms with E-state index in [1.807, 2.05) is 0 Å². The second-order valence-corrected chi connectivity index (χ2v) is 15.0. The number of ether oxygens (including phenoxy) is 2. The van der Waals surface area contributed by atoms with Crippen LogP contribution in [-0.2, 0) is 9.59 Å². The number of carbonyl (C=O) groups excluding carboxylic acids is 4. The number of rotatable bonds is 14. The SMILES string of the molecule is O=C(CC1(C(=O)O)CC(c2ccc(OC(=O)c3ccccc3)cc2)C(CC(=O)c2ccccc2)(C(=O)O)CC1c1ccc(OC(=O)c2ccccc2)cc1)c1ccccc1. The Morgan fingerprint density at radius 2 is 0.700 bits per heavy atom. The highest BCUT2D eigenvalue weighted by Gasteiger charge is 2.62. The van der Waals surface area contributed by atoms with Crippen molar-refractivity contribution in [2.24, 2.45) is 10.8 Å². The van der Waals surface area contributed by atoms with Gasteiger partial charge in [0.05, 0.1) is 22.0 Å². The molecule has 0 aromatic heterocycles. The van der Waals surface area contributed by atoms with Gasteiger partial charge >= 0.3 is 23.9 Å². The molecular formula is C50H40O10. The van der Waals surface area contributed by atoms with Gasteiger partial charge in [0.1, 0.15) is 11.5 Å². The molecule has 0 aliphatic heterocycles. The topological polar surface area (TPSA) is 161 Å². The Labute approximate surface area is 346 Å². The van der Waals surface area contributed by atoms with Gasteiger partial charge in [0, 0.05) is 35.8 Å².